The molecule has 12 heteroatoms. The van der Waals surface area contributed by atoms with E-state index < -0.39 is 35.1 Å². The van der Waals surface area contributed by atoms with Crippen molar-refractivity contribution in [2.45, 2.75) is 162 Å². The molecule has 2 aliphatic rings. The van der Waals surface area contributed by atoms with Crippen LogP contribution in [-0.4, -0.2) is 94.9 Å². The third-order valence-electron chi connectivity index (χ3n) is 7.64. The standard InChI is InChI=1S/C31H58BN3O8/c1-27(2,3)39-24(36)33-18-19-34(25(37)40-28(4,5)6)23-20-22(35(21-23)26(38)41-29(7,8)9)16-14-15-17-32-42-30(10,11)31(12,13)43-32/h22-23H,14-21H2,1-13H3,(H,33,36). The molecule has 0 saturated carbocycles. The molecule has 2 unspecified atom stereocenters. The van der Waals surface area contributed by atoms with Gasteiger partial charge in [-0.1, -0.05) is 12.8 Å². The number of ether oxygens (including phenoxy) is 3. The van der Waals surface area contributed by atoms with Crippen molar-refractivity contribution in [2.75, 3.05) is 19.6 Å². The summed E-state index contributed by atoms with van der Waals surface area (Å²) >= 11 is 0. The summed E-state index contributed by atoms with van der Waals surface area (Å²) in [5.41, 5.74) is -2.73. The maximum Gasteiger partial charge on any atom is 0.457 e. The van der Waals surface area contributed by atoms with Crippen molar-refractivity contribution in [3.8, 4) is 0 Å². The second-order valence-electron chi connectivity index (χ2n) is 15.7. The van der Waals surface area contributed by atoms with Crippen LogP contribution < -0.4 is 5.32 Å². The van der Waals surface area contributed by atoms with Crippen LogP contribution in [0, 0.1) is 0 Å². The monoisotopic (exact) mass is 611 g/mol. The minimum Gasteiger partial charge on any atom is -0.444 e. The number of hydrogen-bond acceptors (Lipinski definition) is 8. The number of carbonyl (C=O) groups is 3. The smallest absolute Gasteiger partial charge is 0.444 e. The molecule has 2 fully saturated rings. The van der Waals surface area contributed by atoms with Crippen molar-refractivity contribution in [1.29, 1.82) is 0 Å². The summed E-state index contributed by atoms with van der Waals surface area (Å²) < 4.78 is 29.1. The van der Waals surface area contributed by atoms with E-state index in [9.17, 15) is 14.4 Å². The molecule has 0 spiro atoms. The second-order valence-corrected chi connectivity index (χ2v) is 15.7. The van der Waals surface area contributed by atoms with Crippen LogP contribution in [0.25, 0.3) is 0 Å². The molecule has 2 atom stereocenters. The van der Waals surface area contributed by atoms with Crippen molar-refractivity contribution in [3.63, 3.8) is 0 Å². The molecule has 11 nitrogen and oxygen atoms in total. The van der Waals surface area contributed by atoms with Crippen LogP contribution in [0.2, 0.25) is 6.32 Å². The molecule has 248 valence electrons. The van der Waals surface area contributed by atoms with E-state index in [0.717, 1.165) is 25.6 Å². The molecule has 0 aromatic rings. The van der Waals surface area contributed by atoms with E-state index in [0.29, 0.717) is 13.0 Å². The zero-order valence-electron chi connectivity index (χ0n) is 29.0. The van der Waals surface area contributed by atoms with Crippen LogP contribution in [0.15, 0.2) is 0 Å². The van der Waals surface area contributed by atoms with Gasteiger partial charge in [0.05, 0.1) is 17.2 Å². The Morgan fingerprint density at radius 3 is 1.91 bits per heavy atom. The normalized spacial score (nSPS) is 21.9. The molecule has 0 bridgehead atoms. The maximum absolute atomic E-state index is 13.4. The topological polar surface area (TPSA) is 116 Å². The van der Waals surface area contributed by atoms with Crippen LogP contribution >= 0.6 is 0 Å². The fourth-order valence-electron chi connectivity index (χ4n) is 5.05. The largest absolute Gasteiger partial charge is 0.457 e. The highest BCUT2D eigenvalue weighted by Crippen LogP contribution is 2.38. The Morgan fingerprint density at radius 1 is 0.860 bits per heavy atom. The predicted molar refractivity (Wildman–Crippen MR) is 167 cm³/mol. The molecule has 2 rings (SSSR count). The van der Waals surface area contributed by atoms with Gasteiger partial charge in [0.15, 0.2) is 0 Å². The first-order chi connectivity index (χ1) is 19.4. The Kier molecular flexibility index (Phi) is 11.9. The highest BCUT2D eigenvalue weighted by atomic mass is 16.7. The van der Waals surface area contributed by atoms with Gasteiger partial charge in [-0.05, 0) is 109 Å². The van der Waals surface area contributed by atoms with Gasteiger partial charge in [-0.15, -0.1) is 0 Å². The highest BCUT2D eigenvalue weighted by Gasteiger charge is 2.50. The Labute approximate surface area is 260 Å². The fraction of sp³-hybridized carbons (Fsp3) is 0.903. The van der Waals surface area contributed by atoms with E-state index in [2.05, 4.69) is 5.32 Å². The van der Waals surface area contributed by atoms with Gasteiger partial charge in [0.1, 0.15) is 16.8 Å². The fourth-order valence-corrected chi connectivity index (χ4v) is 5.05. The number of nitrogens with one attached hydrogen (secondary N) is 1. The summed E-state index contributed by atoms with van der Waals surface area (Å²) in [6.07, 6.45) is 2.35. The van der Waals surface area contributed by atoms with E-state index in [1.165, 1.54) is 0 Å². The summed E-state index contributed by atoms with van der Waals surface area (Å²) in [6, 6.07) is -0.433. The molecular formula is C31H58BN3O8. The zero-order chi connectivity index (χ0) is 33.0. The van der Waals surface area contributed by atoms with Gasteiger partial charge >= 0.3 is 25.4 Å². The summed E-state index contributed by atoms with van der Waals surface area (Å²) in [5, 5.41) is 2.73. The molecule has 0 aromatic heterocycles. The maximum atomic E-state index is 13.4. The molecule has 0 aromatic carbocycles. The first-order valence-corrected chi connectivity index (χ1v) is 15.7. The number of likely N-dealkylation sites (tertiary alicyclic amines) is 1. The molecular weight excluding hydrogens is 553 g/mol. The van der Waals surface area contributed by atoms with Crippen molar-refractivity contribution < 1.29 is 37.9 Å². The molecule has 0 aliphatic carbocycles. The van der Waals surface area contributed by atoms with Gasteiger partial charge in [-0.2, -0.15) is 0 Å². The number of unbranched alkanes of at least 4 members (excludes halogenated alkanes) is 1. The Morgan fingerprint density at radius 2 is 1.40 bits per heavy atom. The van der Waals surface area contributed by atoms with Crippen LogP contribution in [0.5, 0.6) is 0 Å². The van der Waals surface area contributed by atoms with Crippen molar-refractivity contribution in [1.82, 2.24) is 15.1 Å². The first kappa shape index (κ1) is 37.0. The lowest BCUT2D eigenvalue weighted by Crippen LogP contribution is -2.48. The van der Waals surface area contributed by atoms with Crippen molar-refractivity contribution >= 4 is 25.4 Å². The number of nitrogens with zero attached hydrogens (tertiary/aromatic N) is 2. The summed E-state index contributed by atoms with van der Waals surface area (Å²) in [4.78, 5) is 42.3. The Hall–Kier alpha value is -2.21. The van der Waals surface area contributed by atoms with Gasteiger partial charge in [-0.3, -0.25) is 0 Å². The molecule has 1 N–H and O–H groups in total. The Balaban J connectivity index is 2.12. The minimum absolute atomic E-state index is 0.123. The van der Waals surface area contributed by atoms with Crippen LogP contribution in [0.1, 0.15) is 116 Å². The van der Waals surface area contributed by atoms with E-state index >= 15 is 0 Å². The van der Waals surface area contributed by atoms with Gasteiger partial charge in [0, 0.05) is 25.7 Å². The lowest BCUT2D eigenvalue weighted by molar-refractivity contribution is 0.00578. The lowest BCUT2D eigenvalue weighted by Gasteiger charge is -2.32. The van der Waals surface area contributed by atoms with Crippen molar-refractivity contribution in [3.05, 3.63) is 0 Å². The quantitative estimate of drug-likeness (QED) is 0.181. The average molecular weight is 612 g/mol. The summed E-state index contributed by atoms with van der Waals surface area (Å²) in [5.74, 6) is 0. The number of alkyl carbamates (subject to hydrolysis) is 1. The van der Waals surface area contributed by atoms with E-state index in [4.69, 9.17) is 23.5 Å². The SMILES string of the molecule is CC(C)(C)OC(=O)NCCN(C(=O)OC(C)(C)C)C1CC(CCCCB2OC(C)(C)C(C)(C)O2)N(C(=O)OC(C)(C)C)C1. The Bertz CT molecular complexity index is 952. The predicted octanol–water partition coefficient (Wildman–Crippen LogP) is 6.39. The molecule has 2 heterocycles. The number of hydrogen-bond donors (Lipinski definition) is 1. The van der Waals surface area contributed by atoms with E-state index in [1.807, 2.05) is 69.2 Å². The molecule has 3 amide bonds. The number of rotatable bonds is 9. The minimum atomic E-state index is -0.704. The second kappa shape index (κ2) is 13.8. The van der Waals surface area contributed by atoms with Gasteiger partial charge in [-0.25, -0.2) is 14.4 Å². The summed E-state index contributed by atoms with van der Waals surface area (Å²) in [6.45, 7) is 25.2. The van der Waals surface area contributed by atoms with E-state index in [1.54, 1.807) is 30.6 Å². The number of carbonyl (C=O) groups excluding carboxylic acids is 3. The van der Waals surface area contributed by atoms with Gasteiger partial charge < -0.3 is 38.6 Å². The van der Waals surface area contributed by atoms with E-state index in [-0.39, 0.29) is 43.5 Å². The molecule has 2 saturated heterocycles. The third kappa shape index (κ3) is 12.0. The summed E-state index contributed by atoms with van der Waals surface area (Å²) in [7, 11) is -0.261. The van der Waals surface area contributed by atoms with Crippen LogP contribution in [-0.2, 0) is 23.5 Å². The highest BCUT2D eigenvalue weighted by molar-refractivity contribution is 6.45. The molecule has 0 radical (unpaired) electrons. The lowest BCUT2D eigenvalue weighted by atomic mass is 9.82. The van der Waals surface area contributed by atoms with Gasteiger partial charge in [0.25, 0.3) is 0 Å². The average Bonchev–Trinajstić information content (AvgIpc) is 3.27. The zero-order valence-corrected chi connectivity index (χ0v) is 29.0. The van der Waals surface area contributed by atoms with Crippen LogP contribution in [0.4, 0.5) is 14.4 Å². The molecule has 2 aliphatic heterocycles. The van der Waals surface area contributed by atoms with Crippen LogP contribution in [0.3, 0.4) is 0 Å². The number of amides is 3. The first-order valence-electron chi connectivity index (χ1n) is 15.7. The third-order valence-corrected chi connectivity index (χ3v) is 7.64. The molecule has 43 heavy (non-hydrogen) atoms. The van der Waals surface area contributed by atoms with Crippen molar-refractivity contribution in [2.24, 2.45) is 0 Å². The van der Waals surface area contributed by atoms with Gasteiger partial charge in [0.2, 0.25) is 0 Å².